The lowest BCUT2D eigenvalue weighted by atomic mass is 10.2. The molecule has 2 aromatic rings. The minimum Gasteiger partial charge on any atom is -0.495 e. The van der Waals surface area contributed by atoms with E-state index in [2.05, 4.69) is 20.5 Å². The van der Waals surface area contributed by atoms with Gasteiger partial charge in [0.1, 0.15) is 11.6 Å². The molecule has 138 valence electrons. The third kappa shape index (κ3) is 4.93. The number of carbonyl (C=O) groups is 1. The standard InChI is InChI=1S/C19H24N4O3/c1-25-17-5-3-2-4-16(17)22-19(24)15-6-7-18(21-14-15)20-8-9-23-10-12-26-13-11-23/h2-7,14H,8-13H2,1H3,(H,20,21)(H,22,24). The van der Waals surface area contributed by atoms with E-state index in [9.17, 15) is 4.79 Å². The topological polar surface area (TPSA) is 75.7 Å². The maximum absolute atomic E-state index is 12.4. The van der Waals surface area contributed by atoms with Crippen LogP contribution in [0.5, 0.6) is 5.75 Å². The van der Waals surface area contributed by atoms with Crippen LogP contribution in [0.4, 0.5) is 11.5 Å². The Kier molecular flexibility index (Phi) is 6.40. The second-order valence-corrected chi connectivity index (χ2v) is 5.97. The summed E-state index contributed by atoms with van der Waals surface area (Å²) in [6, 6.07) is 10.9. The summed E-state index contributed by atoms with van der Waals surface area (Å²) < 4.78 is 10.6. The molecule has 0 aliphatic carbocycles. The van der Waals surface area contributed by atoms with Crippen molar-refractivity contribution in [2.75, 3.05) is 57.1 Å². The smallest absolute Gasteiger partial charge is 0.257 e. The van der Waals surface area contributed by atoms with Crippen molar-refractivity contribution >= 4 is 17.4 Å². The highest BCUT2D eigenvalue weighted by atomic mass is 16.5. The Labute approximate surface area is 153 Å². The van der Waals surface area contributed by atoms with E-state index in [-0.39, 0.29) is 5.91 Å². The quantitative estimate of drug-likeness (QED) is 0.791. The van der Waals surface area contributed by atoms with Gasteiger partial charge >= 0.3 is 0 Å². The summed E-state index contributed by atoms with van der Waals surface area (Å²) in [5.74, 6) is 1.16. The molecule has 7 nitrogen and oxygen atoms in total. The van der Waals surface area contributed by atoms with Gasteiger partial charge in [-0.3, -0.25) is 9.69 Å². The Morgan fingerprint density at radius 1 is 1.23 bits per heavy atom. The third-order valence-corrected chi connectivity index (χ3v) is 4.22. The van der Waals surface area contributed by atoms with Gasteiger partial charge in [-0.15, -0.1) is 0 Å². The number of ether oxygens (including phenoxy) is 2. The minimum atomic E-state index is -0.220. The molecule has 0 atom stereocenters. The van der Waals surface area contributed by atoms with Gasteiger partial charge in [0.15, 0.2) is 0 Å². The van der Waals surface area contributed by atoms with E-state index in [0.717, 1.165) is 45.2 Å². The van der Waals surface area contributed by atoms with E-state index in [1.807, 2.05) is 18.2 Å². The van der Waals surface area contributed by atoms with E-state index < -0.39 is 0 Å². The molecule has 0 radical (unpaired) electrons. The number of anilines is 2. The van der Waals surface area contributed by atoms with Gasteiger partial charge in [-0.2, -0.15) is 0 Å². The maximum atomic E-state index is 12.4. The van der Waals surface area contributed by atoms with Crippen molar-refractivity contribution in [2.45, 2.75) is 0 Å². The molecule has 2 heterocycles. The van der Waals surface area contributed by atoms with Crippen molar-refractivity contribution in [2.24, 2.45) is 0 Å². The predicted molar refractivity (Wildman–Crippen MR) is 101 cm³/mol. The van der Waals surface area contributed by atoms with Gasteiger partial charge in [0.25, 0.3) is 5.91 Å². The van der Waals surface area contributed by atoms with Crippen LogP contribution >= 0.6 is 0 Å². The van der Waals surface area contributed by atoms with Crippen molar-refractivity contribution in [3.63, 3.8) is 0 Å². The molecule has 1 aromatic heterocycles. The largest absolute Gasteiger partial charge is 0.495 e. The van der Waals surface area contributed by atoms with E-state index in [0.29, 0.717) is 17.0 Å². The van der Waals surface area contributed by atoms with E-state index in [1.165, 1.54) is 0 Å². The van der Waals surface area contributed by atoms with Crippen molar-refractivity contribution in [1.29, 1.82) is 0 Å². The van der Waals surface area contributed by atoms with Crippen LogP contribution in [0.3, 0.4) is 0 Å². The van der Waals surface area contributed by atoms with E-state index in [1.54, 1.807) is 31.5 Å². The molecule has 3 rings (SSSR count). The Hall–Kier alpha value is -2.64. The first-order chi connectivity index (χ1) is 12.8. The fourth-order valence-corrected chi connectivity index (χ4v) is 2.74. The van der Waals surface area contributed by atoms with Crippen LogP contribution in [0.2, 0.25) is 0 Å². The van der Waals surface area contributed by atoms with Gasteiger partial charge in [-0.25, -0.2) is 4.98 Å². The summed E-state index contributed by atoms with van der Waals surface area (Å²) in [5, 5.41) is 6.12. The first-order valence-corrected chi connectivity index (χ1v) is 8.70. The van der Waals surface area contributed by atoms with Crippen LogP contribution in [0.1, 0.15) is 10.4 Å². The second-order valence-electron chi connectivity index (χ2n) is 5.97. The number of hydrogen-bond acceptors (Lipinski definition) is 6. The molecule has 0 saturated carbocycles. The fourth-order valence-electron chi connectivity index (χ4n) is 2.74. The van der Waals surface area contributed by atoms with Gasteiger partial charge in [0.2, 0.25) is 0 Å². The number of morpholine rings is 1. The number of para-hydroxylation sites is 2. The molecular formula is C19H24N4O3. The van der Waals surface area contributed by atoms with Gasteiger partial charge in [-0.05, 0) is 24.3 Å². The molecule has 1 aliphatic rings. The van der Waals surface area contributed by atoms with Crippen LogP contribution in [-0.4, -0.2) is 62.3 Å². The summed E-state index contributed by atoms with van der Waals surface area (Å²) in [4.78, 5) is 19.0. The highest BCUT2D eigenvalue weighted by molar-refractivity contribution is 6.04. The molecule has 1 fully saturated rings. The molecule has 1 saturated heterocycles. The fraction of sp³-hybridized carbons (Fsp3) is 0.368. The minimum absolute atomic E-state index is 0.220. The number of benzene rings is 1. The van der Waals surface area contributed by atoms with Gasteiger partial charge < -0.3 is 20.1 Å². The highest BCUT2D eigenvalue weighted by Gasteiger charge is 2.11. The van der Waals surface area contributed by atoms with Gasteiger partial charge in [0.05, 0.1) is 31.6 Å². The van der Waals surface area contributed by atoms with E-state index in [4.69, 9.17) is 9.47 Å². The number of amides is 1. The Balaban J connectivity index is 1.51. The summed E-state index contributed by atoms with van der Waals surface area (Å²) in [6.45, 7) is 5.29. The SMILES string of the molecule is COc1ccccc1NC(=O)c1ccc(NCCN2CCOCC2)nc1. The molecule has 0 bridgehead atoms. The first-order valence-electron chi connectivity index (χ1n) is 8.70. The highest BCUT2D eigenvalue weighted by Crippen LogP contribution is 2.23. The number of pyridine rings is 1. The molecule has 1 amide bonds. The van der Waals surface area contributed by atoms with E-state index >= 15 is 0 Å². The van der Waals surface area contributed by atoms with Gasteiger partial charge in [-0.1, -0.05) is 12.1 Å². The van der Waals surface area contributed by atoms with Crippen LogP contribution in [0, 0.1) is 0 Å². The van der Waals surface area contributed by atoms with Crippen molar-refractivity contribution < 1.29 is 14.3 Å². The van der Waals surface area contributed by atoms with Crippen LogP contribution < -0.4 is 15.4 Å². The normalized spacial score (nSPS) is 14.7. The number of aromatic nitrogens is 1. The lowest BCUT2D eigenvalue weighted by Gasteiger charge is -2.26. The van der Waals surface area contributed by atoms with Gasteiger partial charge in [0, 0.05) is 32.4 Å². The summed E-state index contributed by atoms with van der Waals surface area (Å²) in [5.41, 5.74) is 1.13. The summed E-state index contributed by atoms with van der Waals surface area (Å²) in [6.07, 6.45) is 1.57. The van der Waals surface area contributed by atoms with Crippen molar-refractivity contribution in [3.05, 3.63) is 48.2 Å². The molecular weight excluding hydrogens is 332 g/mol. The average Bonchev–Trinajstić information content (AvgIpc) is 2.70. The average molecular weight is 356 g/mol. The third-order valence-electron chi connectivity index (χ3n) is 4.22. The molecule has 2 N–H and O–H groups in total. The lowest BCUT2D eigenvalue weighted by Crippen LogP contribution is -2.39. The Morgan fingerprint density at radius 3 is 2.77 bits per heavy atom. The molecule has 0 unspecified atom stereocenters. The number of carbonyl (C=O) groups excluding carboxylic acids is 1. The number of rotatable bonds is 7. The monoisotopic (exact) mass is 356 g/mol. The Bertz CT molecular complexity index is 715. The zero-order chi connectivity index (χ0) is 18.2. The predicted octanol–water partition coefficient (Wildman–Crippen LogP) is 2.09. The second kappa shape index (κ2) is 9.17. The number of nitrogens with zero attached hydrogens (tertiary/aromatic N) is 2. The van der Waals surface area contributed by atoms with Crippen LogP contribution in [-0.2, 0) is 4.74 Å². The maximum Gasteiger partial charge on any atom is 0.257 e. The van der Waals surface area contributed by atoms with Crippen molar-refractivity contribution in [3.8, 4) is 5.75 Å². The summed E-state index contributed by atoms with van der Waals surface area (Å²) in [7, 11) is 1.57. The number of nitrogens with one attached hydrogen (secondary N) is 2. The molecule has 26 heavy (non-hydrogen) atoms. The van der Waals surface area contributed by atoms with Crippen LogP contribution in [0.15, 0.2) is 42.6 Å². The molecule has 0 spiro atoms. The van der Waals surface area contributed by atoms with Crippen LogP contribution in [0.25, 0.3) is 0 Å². The lowest BCUT2D eigenvalue weighted by molar-refractivity contribution is 0.0398. The Morgan fingerprint density at radius 2 is 2.04 bits per heavy atom. The zero-order valence-corrected chi connectivity index (χ0v) is 14.9. The number of hydrogen-bond donors (Lipinski definition) is 2. The summed E-state index contributed by atoms with van der Waals surface area (Å²) >= 11 is 0. The van der Waals surface area contributed by atoms with Crippen molar-refractivity contribution in [1.82, 2.24) is 9.88 Å². The zero-order valence-electron chi connectivity index (χ0n) is 14.9. The first kappa shape index (κ1) is 18.2. The number of methoxy groups -OCH3 is 1. The molecule has 1 aliphatic heterocycles. The molecule has 7 heteroatoms. The molecule has 1 aromatic carbocycles.